The van der Waals surface area contributed by atoms with E-state index >= 15 is 0 Å². The van der Waals surface area contributed by atoms with Crippen LogP contribution in [0.25, 0.3) is 0 Å². The fourth-order valence-electron chi connectivity index (χ4n) is 2.93. The first-order valence-electron chi connectivity index (χ1n) is 6.35. The Bertz CT molecular complexity index is 308. The van der Waals surface area contributed by atoms with Gasteiger partial charge in [-0.05, 0) is 38.0 Å². The van der Waals surface area contributed by atoms with Crippen molar-refractivity contribution in [1.82, 2.24) is 4.90 Å². The first-order valence-corrected chi connectivity index (χ1v) is 6.35. The number of hydrogen-bond acceptors (Lipinski definition) is 2. The molecule has 3 heteroatoms. The molecule has 0 N–H and O–H groups in total. The predicted molar refractivity (Wildman–Crippen MR) is 61.5 cm³/mol. The molecule has 0 spiro atoms. The second-order valence-electron chi connectivity index (χ2n) is 5.38. The van der Waals surface area contributed by atoms with Crippen molar-refractivity contribution < 1.29 is 4.79 Å². The van der Waals surface area contributed by atoms with Crippen molar-refractivity contribution in [2.75, 3.05) is 13.6 Å². The number of hydrogen-bond donors (Lipinski definition) is 0. The van der Waals surface area contributed by atoms with Crippen LogP contribution in [0.4, 0.5) is 0 Å². The van der Waals surface area contributed by atoms with E-state index in [1.807, 2.05) is 7.05 Å². The van der Waals surface area contributed by atoms with Crippen LogP contribution in [0, 0.1) is 22.7 Å². The molecule has 16 heavy (non-hydrogen) atoms. The number of nitriles is 1. The van der Waals surface area contributed by atoms with Gasteiger partial charge in [0.2, 0.25) is 5.91 Å². The van der Waals surface area contributed by atoms with Crippen molar-refractivity contribution in [2.45, 2.75) is 44.9 Å². The van der Waals surface area contributed by atoms with Crippen LogP contribution in [-0.4, -0.2) is 24.4 Å². The van der Waals surface area contributed by atoms with Crippen molar-refractivity contribution >= 4 is 5.91 Å². The maximum atomic E-state index is 12.2. The fraction of sp³-hybridized carbons (Fsp3) is 0.846. The van der Waals surface area contributed by atoms with Gasteiger partial charge in [0.15, 0.2) is 0 Å². The lowest BCUT2D eigenvalue weighted by molar-refractivity contribution is -0.142. The molecule has 0 atom stereocenters. The van der Waals surface area contributed by atoms with E-state index in [1.54, 1.807) is 4.90 Å². The average Bonchev–Trinajstić information content (AvgIpc) is 2.69. The molecule has 1 amide bonds. The molecule has 2 aliphatic carbocycles. The lowest BCUT2D eigenvalue weighted by Gasteiger charge is -2.37. The highest BCUT2D eigenvalue weighted by Crippen LogP contribution is 2.42. The summed E-state index contributed by atoms with van der Waals surface area (Å²) in [6, 6.07) is 2.23. The predicted octanol–water partition coefficient (Wildman–Crippen LogP) is 2.33. The summed E-state index contributed by atoms with van der Waals surface area (Å²) in [6.07, 6.45) is 7.64. The molecule has 0 aromatic rings. The molecular weight excluding hydrogens is 200 g/mol. The molecule has 0 heterocycles. The number of amides is 1. The topological polar surface area (TPSA) is 44.1 Å². The molecule has 0 aliphatic heterocycles. The van der Waals surface area contributed by atoms with Crippen LogP contribution >= 0.6 is 0 Å². The largest absolute Gasteiger partial charge is 0.344 e. The van der Waals surface area contributed by atoms with Gasteiger partial charge in [-0.2, -0.15) is 5.26 Å². The maximum Gasteiger partial charge on any atom is 0.242 e. The molecule has 88 valence electrons. The van der Waals surface area contributed by atoms with Gasteiger partial charge < -0.3 is 4.90 Å². The Hall–Kier alpha value is -1.04. The summed E-state index contributed by atoms with van der Waals surface area (Å²) >= 11 is 0. The van der Waals surface area contributed by atoms with Crippen molar-refractivity contribution in [2.24, 2.45) is 11.3 Å². The Balaban J connectivity index is 1.91. The molecular formula is C13H20N2O. The average molecular weight is 220 g/mol. The van der Waals surface area contributed by atoms with Crippen molar-refractivity contribution in [3.63, 3.8) is 0 Å². The third kappa shape index (κ3) is 1.93. The zero-order valence-electron chi connectivity index (χ0n) is 10.0. The summed E-state index contributed by atoms with van der Waals surface area (Å²) in [6.45, 7) is 0.849. The third-order valence-electron chi connectivity index (χ3n) is 4.18. The maximum absolute atomic E-state index is 12.2. The summed E-state index contributed by atoms with van der Waals surface area (Å²) in [5, 5.41) is 9.12. The Morgan fingerprint density at radius 2 is 2.00 bits per heavy atom. The molecule has 0 bridgehead atoms. The second-order valence-corrected chi connectivity index (χ2v) is 5.38. The standard InChI is InChI=1S/C13H20N2O/c1-15(9-11-5-2-3-6-11)12(16)13(10-14)7-4-8-13/h11H,2-9H2,1H3. The van der Waals surface area contributed by atoms with Gasteiger partial charge in [0.05, 0.1) is 6.07 Å². The van der Waals surface area contributed by atoms with Gasteiger partial charge in [0.25, 0.3) is 0 Å². The highest BCUT2D eigenvalue weighted by Gasteiger charge is 2.46. The lowest BCUT2D eigenvalue weighted by atomic mass is 9.69. The summed E-state index contributed by atoms with van der Waals surface area (Å²) in [7, 11) is 1.86. The Morgan fingerprint density at radius 1 is 1.38 bits per heavy atom. The van der Waals surface area contributed by atoms with Crippen LogP contribution in [0.1, 0.15) is 44.9 Å². The molecule has 2 aliphatic rings. The van der Waals surface area contributed by atoms with Crippen molar-refractivity contribution in [3.05, 3.63) is 0 Å². The van der Waals surface area contributed by atoms with Crippen molar-refractivity contribution in [3.8, 4) is 6.07 Å². The van der Waals surface area contributed by atoms with E-state index in [9.17, 15) is 4.79 Å². The number of nitrogens with zero attached hydrogens (tertiary/aromatic N) is 2. The minimum Gasteiger partial charge on any atom is -0.344 e. The van der Waals surface area contributed by atoms with E-state index in [1.165, 1.54) is 25.7 Å². The molecule has 2 saturated carbocycles. The normalized spacial score (nSPS) is 23.5. The molecule has 0 saturated heterocycles. The minimum absolute atomic E-state index is 0.0631. The number of carbonyl (C=O) groups excluding carboxylic acids is 1. The van der Waals surface area contributed by atoms with Crippen LogP contribution < -0.4 is 0 Å². The van der Waals surface area contributed by atoms with E-state index in [0.717, 1.165) is 25.8 Å². The Morgan fingerprint density at radius 3 is 2.44 bits per heavy atom. The number of carbonyl (C=O) groups is 1. The van der Waals surface area contributed by atoms with E-state index < -0.39 is 5.41 Å². The molecule has 3 nitrogen and oxygen atoms in total. The van der Waals surface area contributed by atoms with Crippen LogP contribution in [0.3, 0.4) is 0 Å². The Kier molecular flexibility index (Phi) is 3.18. The number of rotatable bonds is 3. The summed E-state index contributed by atoms with van der Waals surface area (Å²) < 4.78 is 0. The van der Waals surface area contributed by atoms with Crippen molar-refractivity contribution in [1.29, 1.82) is 5.26 Å². The monoisotopic (exact) mass is 220 g/mol. The van der Waals surface area contributed by atoms with Gasteiger partial charge in [-0.3, -0.25) is 4.79 Å². The van der Waals surface area contributed by atoms with E-state index in [4.69, 9.17) is 5.26 Å². The van der Waals surface area contributed by atoms with Crippen LogP contribution in [0.15, 0.2) is 0 Å². The molecule has 0 radical (unpaired) electrons. The molecule has 2 fully saturated rings. The third-order valence-corrected chi connectivity index (χ3v) is 4.18. The summed E-state index contributed by atoms with van der Waals surface area (Å²) in [4.78, 5) is 14.0. The second kappa shape index (κ2) is 4.45. The molecule has 0 unspecified atom stereocenters. The fourth-order valence-corrected chi connectivity index (χ4v) is 2.93. The molecule has 0 aromatic carbocycles. The first kappa shape index (κ1) is 11.4. The quantitative estimate of drug-likeness (QED) is 0.732. The summed E-state index contributed by atoms with van der Waals surface area (Å²) in [5.41, 5.74) is -0.659. The smallest absolute Gasteiger partial charge is 0.242 e. The zero-order chi connectivity index (χ0) is 11.6. The van der Waals surface area contributed by atoms with Crippen LogP contribution in [0.2, 0.25) is 0 Å². The van der Waals surface area contributed by atoms with Gasteiger partial charge in [-0.25, -0.2) is 0 Å². The van der Waals surface area contributed by atoms with Gasteiger partial charge in [0, 0.05) is 13.6 Å². The van der Waals surface area contributed by atoms with Gasteiger partial charge in [-0.15, -0.1) is 0 Å². The van der Waals surface area contributed by atoms with Gasteiger partial charge >= 0.3 is 0 Å². The highest BCUT2D eigenvalue weighted by molar-refractivity contribution is 5.86. The van der Waals surface area contributed by atoms with E-state index in [-0.39, 0.29) is 5.91 Å². The van der Waals surface area contributed by atoms with E-state index in [0.29, 0.717) is 5.92 Å². The van der Waals surface area contributed by atoms with Gasteiger partial charge in [0.1, 0.15) is 5.41 Å². The SMILES string of the molecule is CN(CC1CCCC1)C(=O)C1(C#N)CCC1. The highest BCUT2D eigenvalue weighted by atomic mass is 16.2. The minimum atomic E-state index is -0.659. The van der Waals surface area contributed by atoms with Crippen LogP contribution in [0.5, 0.6) is 0 Å². The molecule has 0 aromatic heterocycles. The molecule has 2 rings (SSSR count). The zero-order valence-corrected chi connectivity index (χ0v) is 10.0. The lowest BCUT2D eigenvalue weighted by Crippen LogP contribution is -2.46. The van der Waals surface area contributed by atoms with Crippen LogP contribution in [-0.2, 0) is 4.79 Å². The van der Waals surface area contributed by atoms with Gasteiger partial charge in [-0.1, -0.05) is 12.8 Å². The van der Waals surface area contributed by atoms with E-state index in [2.05, 4.69) is 6.07 Å². The first-order chi connectivity index (χ1) is 7.68. The summed E-state index contributed by atoms with van der Waals surface area (Å²) in [5.74, 6) is 0.734. The Labute approximate surface area is 97.4 Å².